The first-order chi connectivity index (χ1) is 22.9. The smallest absolute Gasteiger partial charge is 0.0547 e. The Hall–Kier alpha value is -6.12. The predicted octanol–water partition coefficient (Wildman–Crippen LogP) is 11.9. The van der Waals surface area contributed by atoms with Crippen molar-refractivity contribution in [3.8, 4) is 22.5 Å². The van der Waals surface area contributed by atoms with Crippen LogP contribution in [0.15, 0.2) is 170 Å². The van der Waals surface area contributed by atoms with Crippen molar-refractivity contribution >= 4 is 65.2 Å². The molecule has 46 heavy (non-hydrogen) atoms. The molecule has 0 unspecified atom stereocenters. The molecule has 0 bridgehead atoms. The van der Waals surface area contributed by atoms with E-state index in [1.54, 1.807) is 0 Å². The van der Waals surface area contributed by atoms with E-state index >= 15 is 0 Å². The summed E-state index contributed by atoms with van der Waals surface area (Å²) < 4.78 is 4.87. The van der Waals surface area contributed by atoms with E-state index in [2.05, 4.69) is 179 Å². The molecule has 10 rings (SSSR count). The first-order valence-corrected chi connectivity index (χ1v) is 15.9. The molecule has 2 heteroatoms. The first kappa shape index (κ1) is 25.2. The third-order valence-corrected chi connectivity index (χ3v) is 9.70. The molecule has 0 aliphatic carbocycles. The Balaban J connectivity index is 1.32. The highest BCUT2D eigenvalue weighted by atomic mass is 15.0. The van der Waals surface area contributed by atoms with E-state index in [0.717, 1.165) is 0 Å². The van der Waals surface area contributed by atoms with E-state index < -0.39 is 0 Å². The minimum Gasteiger partial charge on any atom is -0.309 e. The number of rotatable bonds is 3. The van der Waals surface area contributed by atoms with Gasteiger partial charge in [-0.15, -0.1) is 0 Å². The number of hydrogen-bond acceptors (Lipinski definition) is 0. The molecule has 0 radical (unpaired) electrons. The number of benzene rings is 8. The Morgan fingerprint density at radius 1 is 0.283 bits per heavy atom. The molecule has 8 aromatic carbocycles. The minimum absolute atomic E-state index is 1.17. The van der Waals surface area contributed by atoms with Gasteiger partial charge in [-0.3, -0.25) is 0 Å². The van der Waals surface area contributed by atoms with Crippen molar-refractivity contribution in [3.63, 3.8) is 0 Å². The predicted molar refractivity (Wildman–Crippen MR) is 196 cm³/mol. The summed E-state index contributed by atoms with van der Waals surface area (Å²) in [5, 5.41) is 10.2. The van der Waals surface area contributed by atoms with Gasteiger partial charge in [0, 0.05) is 32.6 Å². The van der Waals surface area contributed by atoms with Gasteiger partial charge in [-0.2, -0.15) is 0 Å². The van der Waals surface area contributed by atoms with Crippen molar-refractivity contribution in [2.45, 2.75) is 0 Å². The summed E-state index contributed by atoms with van der Waals surface area (Å²) >= 11 is 0. The second-order valence-corrected chi connectivity index (χ2v) is 12.1. The van der Waals surface area contributed by atoms with Crippen LogP contribution < -0.4 is 0 Å². The van der Waals surface area contributed by atoms with E-state index in [1.165, 1.54) is 87.7 Å². The quantitative estimate of drug-likeness (QED) is 0.183. The number of fused-ring (bicyclic) bond motifs is 9. The Kier molecular flexibility index (Phi) is 5.31. The third kappa shape index (κ3) is 3.47. The van der Waals surface area contributed by atoms with E-state index in [1.807, 2.05) is 0 Å². The second kappa shape index (κ2) is 9.69. The molecular formula is C44H28N2. The van der Waals surface area contributed by atoms with Crippen LogP contribution in [0.2, 0.25) is 0 Å². The van der Waals surface area contributed by atoms with Crippen molar-refractivity contribution in [2.75, 3.05) is 0 Å². The van der Waals surface area contributed by atoms with Gasteiger partial charge in [0.05, 0.1) is 27.8 Å². The Morgan fingerprint density at radius 2 is 0.804 bits per heavy atom. The summed E-state index contributed by atoms with van der Waals surface area (Å²) in [6, 6.07) is 61.9. The fourth-order valence-corrected chi connectivity index (χ4v) is 7.82. The lowest BCUT2D eigenvalue weighted by molar-refractivity contribution is 1.18. The Bertz CT molecular complexity index is 2800. The van der Waals surface area contributed by atoms with Crippen LogP contribution in [-0.4, -0.2) is 9.13 Å². The van der Waals surface area contributed by atoms with Crippen LogP contribution in [0.4, 0.5) is 0 Å². The summed E-state index contributed by atoms with van der Waals surface area (Å²) in [4.78, 5) is 0. The highest BCUT2D eigenvalue weighted by Gasteiger charge is 2.21. The van der Waals surface area contributed by atoms with Gasteiger partial charge in [0.25, 0.3) is 0 Å². The van der Waals surface area contributed by atoms with Crippen molar-refractivity contribution in [1.29, 1.82) is 0 Å². The molecule has 2 aromatic heterocycles. The summed E-state index contributed by atoms with van der Waals surface area (Å²) in [7, 11) is 0. The van der Waals surface area contributed by atoms with Crippen LogP contribution in [0.5, 0.6) is 0 Å². The molecule has 10 aromatic rings. The molecule has 0 aliphatic heterocycles. The molecule has 0 amide bonds. The maximum atomic E-state index is 2.47. The molecule has 0 N–H and O–H groups in total. The zero-order chi connectivity index (χ0) is 30.2. The maximum absolute atomic E-state index is 2.47. The lowest BCUT2D eigenvalue weighted by Crippen LogP contribution is -1.95. The van der Waals surface area contributed by atoms with Crippen molar-refractivity contribution in [1.82, 2.24) is 9.13 Å². The minimum atomic E-state index is 1.17. The average molecular weight is 585 g/mol. The van der Waals surface area contributed by atoms with Crippen LogP contribution in [-0.2, 0) is 0 Å². The van der Waals surface area contributed by atoms with Crippen molar-refractivity contribution in [2.24, 2.45) is 0 Å². The molecule has 2 heterocycles. The Morgan fingerprint density at radius 3 is 1.52 bits per heavy atom. The fourth-order valence-electron chi connectivity index (χ4n) is 7.82. The zero-order valence-electron chi connectivity index (χ0n) is 25.1. The molecule has 0 saturated carbocycles. The average Bonchev–Trinajstić information content (AvgIpc) is 3.65. The Labute approximate surface area is 266 Å². The number of para-hydroxylation sites is 3. The van der Waals surface area contributed by atoms with Gasteiger partial charge in [0.1, 0.15) is 0 Å². The van der Waals surface area contributed by atoms with E-state index in [9.17, 15) is 0 Å². The van der Waals surface area contributed by atoms with Gasteiger partial charge in [-0.1, -0.05) is 127 Å². The van der Waals surface area contributed by atoms with E-state index in [4.69, 9.17) is 0 Å². The summed E-state index contributed by atoms with van der Waals surface area (Å²) in [6.45, 7) is 0. The normalized spacial score (nSPS) is 11.9. The SMILES string of the molecule is c1ccc(-n2c3ccccc3c3c(-c4cccc5c4c4ccccc4n5-c4cccc5c4ccc4ccccc45)cccc32)cc1. The van der Waals surface area contributed by atoms with Crippen LogP contribution >= 0.6 is 0 Å². The van der Waals surface area contributed by atoms with Crippen LogP contribution in [0, 0.1) is 0 Å². The van der Waals surface area contributed by atoms with E-state index in [0.29, 0.717) is 0 Å². The second-order valence-electron chi connectivity index (χ2n) is 12.1. The summed E-state index contributed by atoms with van der Waals surface area (Å²) in [5.74, 6) is 0. The maximum Gasteiger partial charge on any atom is 0.0547 e. The van der Waals surface area contributed by atoms with Crippen molar-refractivity contribution < 1.29 is 0 Å². The lowest BCUT2D eigenvalue weighted by atomic mass is 9.95. The topological polar surface area (TPSA) is 9.86 Å². The number of aromatic nitrogens is 2. The van der Waals surface area contributed by atoms with Crippen LogP contribution in [0.3, 0.4) is 0 Å². The highest BCUT2D eigenvalue weighted by Crippen LogP contribution is 2.44. The van der Waals surface area contributed by atoms with Gasteiger partial charge in [0.15, 0.2) is 0 Å². The lowest BCUT2D eigenvalue weighted by Gasteiger charge is -2.13. The van der Waals surface area contributed by atoms with Gasteiger partial charge >= 0.3 is 0 Å². The number of nitrogens with zero attached hydrogens (tertiary/aromatic N) is 2. The molecule has 0 spiro atoms. The van der Waals surface area contributed by atoms with Gasteiger partial charge in [-0.05, 0) is 69.8 Å². The fraction of sp³-hybridized carbons (Fsp3) is 0. The van der Waals surface area contributed by atoms with Crippen LogP contribution in [0.1, 0.15) is 0 Å². The third-order valence-electron chi connectivity index (χ3n) is 9.70. The first-order valence-electron chi connectivity index (χ1n) is 15.9. The number of hydrogen-bond donors (Lipinski definition) is 0. The van der Waals surface area contributed by atoms with Gasteiger partial charge in [-0.25, -0.2) is 0 Å². The summed E-state index contributed by atoms with van der Waals surface area (Å²) in [6.07, 6.45) is 0. The van der Waals surface area contributed by atoms with Crippen molar-refractivity contribution in [3.05, 3.63) is 170 Å². The molecule has 0 saturated heterocycles. The molecule has 2 nitrogen and oxygen atoms in total. The molecule has 0 aliphatic rings. The summed E-state index contributed by atoms with van der Waals surface area (Å²) in [5.41, 5.74) is 9.73. The standard InChI is InChI=1S/C44H28N2/c1-2-14-30(15-3-1)45-39-22-8-6-17-36(39)43-34(20-11-25-41(43)45)35-21-12-26-42-44(35)37-18-7-9-23-40(37)46(42)38-24-10-19-32-31-16-5-4-13-29(31)27-28-33(32)38/h1-28H. The largest absolute Gasteiger partial charge is 0.309 e. The van der Waals surface area contributed by atoms with Gasteiger partial charge < -0.3 is 9.13 Å². The van der Waals surface area contributed by atoms with Crippen LogP contribution in [0.25, 0.3) is 87.7 Å². The van der Waals surface area contributed by atoms with Gasteiger partial charge in [0.2, 0.25) is 0 Å². The highest BCUT2D eigenvalue weighted by molar-refractivity contribution is 6.22. The molecule has 0 fully saturated rings. The zero-order valence-corrected chi connectivity index (χ0v) is 25.1. The monoisotopic (exact) mass is 584 g/mol. The molecule has 214 valence electrons. The molecular weight excluding hydrogens is 556 g/mol. The van der Waals surface area contributed by atoms with E-state index in [-0.39, 0.29) is 0 Å². The molecule has 0 atom stereocenters.